The number of pyridine rings is 1. The summed E-state index contributed by atoms with van der Waals surface area (Å²) in [7, 11) is 0. The normalized spacial score (nSPS) is 10.8. The van der Waals surface area contributed by atoms with Crippen LogP contribution in [0.2, 0.25) is 0 Å². The Hall–Kier alpha value is -3.13. The van der Waals surface area contributed by atoms with E-state index in [1.54, 1.807) is 12.1 Å². The molecule has 0 bridgehead atoms. The average molecular weight is 297 g/mol. The Bertz CT molecular complexity index is 977. The molecule has 0 fully saturated rings. The molecular weight excluding hydrogens is 282 g/mol. The van der Waals surface area contributed by atoms with Gasteiger partial charge in [-0.2, -0.15) is 0 Å². The van der Waals surface area contributed by atoms with E-state index in [4.69, 9.17) is 0 Å². The Kier molecular flexibility index (Phi) is 3.28. The molecule has 0 saturated heterocycles. The Labute approximate surface area is 134 Å². The van der Waals surface area contributed by atoms with E-state index in [2.05, 4.69) is 41.4 Å². The third-order valence-corrected chi connectivity index (χ3v) is 4.03. The van der Waals surface area contributed by atoms with Crippen LogP contribution in [-0.4, -0.2) is 10.1 Å². The first kappa shape index (κ1) is 13.5. The Morgan fingerprint density at radius 2 is 1.22 bits per heavy atom. The molecule has 23 heavy (non-hydrogen) atoms. The molecule has 4 aromatic rings. The van der Waals surface area contributed by atoms with E-state index in [9.17, 15) is 5.11 Å². The number of phenolic OH excluding ortho intramolecular Hbond substituents is 1. The molecule has 1 heterocycles. The molecule has 1 aromatic heterocycles. The van der Waals surface area contributed by atoms with Gasteiger partial charge in [0.15, 0.2) is 0 Å². The van der Waals surface area contributed by atoms with E-state index < -0.39 is 0 Å². The number of nitrogens with zero attached hydrogens (tertiary/aromatic N) is 1. The summed E-state index contributed by atoms with van der Waals surface area (Å²) >= 11 is 0. The first-order valence-electron chi connectivity index (χ1n) is 7.53. The fourth-order valence-electron chi connectivity index (χ4n) is 2.84. The van der Waals surface area contributed by atoms with Gasteiger partial charge in [-0.25, -0.2) is 0 Å². The molecule has 0 aliphatic heterocycles. The lowest BCUT2D eigenvalue weighted by molar-refractivity contribution is 0.476. The van der Waals surface area contributed by atoms with Gasteiger partial charge in [0.2, 0.25) is 0 Å². The first-order chi connectivity index (χ1) is 11.3. The SMILES string of the molecule is Oc1ccc2cc(-c3cccc(-c4ccncc4)c3)ccc2c1. The number of rotatable bonds is 2. The minimum atomic E-state index is 0.296. The number of hydrogen-bond donors (Lipinski definition) is 1. The highest BCUT2D eigenvalue weighted by molar-refractivity contribution is 5.88. The second kappa shape index (κ2) is 5.58. The van der Waals surface area contributed by atoms with Gasteiger partial charge in [-0.05, 0) is 69.4 Å². The minimum absolute atomic E-state index is 0.296. The summed E-state index contributed by atoms with van der Waals surface area (Å²) in [4.78, 5) is 4.07. The van der Waals surface area contributed by atoms with Crippen LogP contribution in [0.25, 0.3) is 33.0 Å². The van der Waals surface area contributed by atoms with Crippen molar-refractivity contribution >= 4 is 10.8 Å². The van der Waals surface area contributed by atoms with Crippen molar-refractivity contribution in [2.45, 2.75) is 0 Å². The zero-order valence-corrected chi connectivity index (χ0v) is 12.5. The van der Waals surface area contributed by atoms with Gasteiger partial charge in [-0.1, -0.05) is 36.4 Å². The van der Waals surface area contributed by atoms with Crippen LogP contribution in [0.1, 0.15) is 0 Å². The highest BCUT2D eigenvalue weighted by Crippen LogP contribution is 2.29. The van der Waals surface area contributed by atoms with E-state index in [1.807, 2.05) is 36.7 Å². The van der Waals surface area contributed by atoms with Crippen LogP contribution in [0.5, 0.6) is 5.75 Å². The zero-order chi connectivity index (χ0) is 15.6. The molecule has 0 aliphatic rings. The van der Waals surface area contributed by atoms with Gasteiger partial charge in [0.1, 0.15) is 5.75 Å². The number of phenols is 1. The van der Waals surface area contributed by atoms with Crippen LogP contribution in [0.15, 0.2) is 85.2 Å². The van der Waals surface area contributed by atoms with Crippen molar-refractivity contribution in [3.8, 4) is 28.0 Å². The molecule has 0 spiro atoms. The molecule has 0 aliphatic carbocycles. The van der Waals surface area contributed by atoms with Crippen molar-refractivity contribution in [2.75, 3.05) is 0 Å². The summed E-state index contributed by atoms with van der Waals surface area (Å²) in [6.45, 7) is 0. The third kappa shape index (κ3) is 2.67. The maximum absolute atomic E-state index is 9.57. The summed E-state index contributed by atoms with van der Waals surface area (Å²) in [6.07, 6.45) is 3.62. The highest BCUT2D eigenvalue weighted by Gasteiger charge is 2.03. The third-order valence-electron chi connectivity index (χ3n) is 4.03. The highest BCUT2D eigenvalue weighted by atomic mass is 16.3. The van der Waals surface area contributed by atoms with E-state index in [0.717, 1.165) is 16.3 Å². The van der Waals surface area contributed by atoms with Crippen LogP contribution in [0, 0.1) is 0 Å². The molecule has 1 N–H and O–H groups in total. The quantitative estimate of drug-likeness (QED) is 0.546. The van der Waals surface area contributed by atoms with Crippen LogP contribution in [-0.2, 0) is 0 Å². The molecule has 0 amide bonds. The lowest BCUT2D eigenvalue weighted by atomic mass is 9.97. The lowest BCUT2D eigenvalue weighted by Crippen LogP contribution is -1.82. The fraction of sp³-hybridized carbons (Fsp3) is 0. The van der Waals surface area contributed by atoms with E-state index in [0.29, 0.717) is 5.75 Å². The van der Waals surface area contributed by atoms with Crippen molar-refractivity contribution in [2.24, 2.45) is 0 Å². The number of fused-ring (bicyclic) bond motifs is 1. The van der Waals surface area contributed by atoms with Gasteiger partial charge in [0.25, 0.3) is 0 Å². The molecule has 0 atom stereocenters. The number of aromatic nitrogens is 1. The standard InChI is InChI=1S/C21H15NO/c23-21-7-6-19-13-18(4-5-20(19)14-21)17-3-1-2-16(12-17)15-8-10-22-11-9-15/h1-14,23H. The van der Waals surface area contributed by atoms with E-state index >= 15 is 0 Å². The van der Waals surface area contributed by atoms with E-state index in [-0.39, 0.29) is 0 Å². The van der Waals surface area contributed by atoms with Gasteiger partial charge >= 0.3 is 0 Å². The number of aromatic hydroxyl groups is 1. The molecule has 2 heteroatoms. The van der Waals surface area contributed by atoms with Crippen molar-refractivity contribution < 1.29 is 5.11 Å². The smallest absolute Gasteiger partial charge is 0.116 e. The molecule has 3 aromatic carbocycles. The van der Waals surface area contributed by atoms with Crippen LogP contribution in [0.4, 0.5) is 0 Å². The van der Waals surface area contributed by atoms with Crippen molar-refractivity contribution in [3.63, 3.8) is 0 Å². The van der Waals surface area contributed by atoms with Crippen LogP contribution >= 0.6 is 0 Å². The van der Waals surface area contributed by atoms with Crippen molar-refractivity contribution in [1.29, 1.82) is 0 Å². The van der Waals surface area contributed by atoms with Crippen molar-refractivity contribution in [3.05, 3.63) is 85.2 Å². The number of hydrogen-bond acceptors (Lipinski definition) is 2. The van der Waals surface area contributed by atoms with E-state index in [1.165, 1.54) is 16.7 Å². The Balaban J connectivity index is 1.80. The zero-order valence-electron chi connectivity index (χ0n) is 12.5. The monoisotopic (exact) mass is 297 g/mol. The largest absolute Gasteiger partial charge is 0.508 e. The topological polar surface area (TPSA) is 33.1 Å². The van der Waals surface area contributed by atoms with Crippen molar-refractivity contribution in [1.82, 2.24) is 4.98 Å². The average Bonchev–Trinajstić information content (AvgIpc) is 2.62. The molecule has 2 nitrogen and oxygen atoms in total. The van der Waals surface area contributed by atoms with Crippen LogP contribution in [0.3, 0.4) is 0 Å². The minimum Gasteiger partial charge on any atom is -0.508 e. The van der Waals surface area contributed by atoms with Gasteiger partial charge in [-0.3, -0.25) is 4.98 Å². The second-order valence-electron chi connectivity index (χ2n) is 5.56. The first-order valence-corrected chi connectivity index (χ1v) is 7.53. The summed E-state index contributed by atoms with van der Waals surface area (Å²) in [5.74, 6) is 0.296. The molecule has 110 valence electrons. The molecule has 0 saturated carbocycles. The van der Waals surface area contributed by atoms with Gasteiger partial charge < -0.3 is 5.11 Å². The maximum atomic E-state index is 9.57. The molecule has 0 radical (unpaired) electrons. The Morgan fingerprint density at radius 3 is 2.04 bits per heavy atom. The Morgan fingerprint density at radius 1 is 0.565 bits per heavy atom. The predicted molar refractivity (Wildman–Crippen MR) is 94.3 cm³/mol. The maximum Gasteiger partial charge on any atom is 0.116 e. The molecule has 4 rings (SSSR count). The molecule has 0 unspecified atom stereocenters. The summed E-state index contributed by atoms with van der Waals surface area (Å²) in [5, 5.41) is 11.7. The number of benzene rings is 3. The predicted octanol–water partition coefficient (Wildman–Crippen LogP) is 5.27. The van der Waals surface area contributed by atoms with Gasteiger partial charge in [0.05, 0.1) is 0 Å². The summed E-state index contributed by atoms with van der Waals surface area (Å²) < 4.78 is 0. The van der Waals surface area contributed by atoms with Gasteiger partial charge in [-0.15, -0.1) is 0 Å². The van der Waals surface area contributed by atoms with Crippen LogP contribution < -0.4 is 0 Å². The summed E-state index contributed by atoms with van der Waals surface area (Å²) in [6, 6.07) is 24.3. The summed E-state index contributed by atoms with van der Waals surface area (Å²) in [5.41, 5.74) is 4.68. The second-order valence-corrected chi connectivity index (χ2v) is 5.56. The lowest BCUT2D eigenvalue weighted by Gasteiger charge is -2.07. The van der Waals surface area contributed by atoms with Gasteiger partial charge in [0, 0.05) is 12.4 Å². The fourth-order valence-corrected chi connectivity index (χ4v) is 2.84. The molecular formula is C21H15NO.